The molecule has 0 aliphatic rings. The van der Waals surface area contributed by atoms with Crippen molar-refractivity contribution in [1.82, 2.24) is 25.2 Å². The highest BCUT2D eigenvalue weighted by atomic mass is 32.2. The SMILES string of the molecule is CCCNCc1cc(S(=O)(=O)NCc2cccnn2)c[nH]1. The Bertz CT molecular complexity index is 654. The Morgan fingerprint density at radius 1 is 1.33 bits per heavy atom. The van der Waals surface area contributed by atoms with Gasteiger partial charge in [0.25, 0.3) is 0 Å². The second-order valence-corrected chi connectivity index (χ2v) is 6.34. The van der Waals surface area contributed by atoms with Crippen molar-refractivity contribution in [2.75, 3.05) is 6.54 Å². The number of aromatic nitrogens is 3. The minimum Gasteiger partial charge on any atom is -0.363 e. The quantitative estimate of drug-likeness (QED) is 0.626. The fourth-order valence-electron chi connectivity index (χ4n) is 1.76. The molecule has 0 atom stereocenters. The molecule has 2 aromatic rings. The lowest BCUT2D eigenvalue weighted by Crippen LogP contribution is -2.23. The minimum atomic E-state index is -3.55. The fourth-order valence-corrected chi connectivity index (χ4v) is 2.77. The van der Waals surface area contributed by atoms with Crippen LogP contribution in [0.1, 0.15) is 24.7 Å². The van der Waals surface area contributed by atoms with Crippen LogP contribution in [-0.4, -0.2) is 30.1 Å². The van der Waals surface area contributed by atoms with Crippen molar-refractivity contribution < 1.29 is 8.42 Å². The number of sulfonamides is 1. The van der Waals surface area contributed by atoms with Gasteiger partial charge in [0.15, 0.2) is 0 Å². The third-order valence-electron chi connectivity index (χ3n) is 2.84. The molecular formula is C13H19N5O2S. The van der Waals surface area contributed by atoms with E-state index < -0.39 is 10.0 Å². The highest BCUT2D eigenvalue weighted by molar-refractivity contribution is 7.89. The van der Waals surface area contributed by atoms with Crippen LogP contribution in [0.5, 0.6) is 0 Å². The van der Waals surface area contributed by atoms with Gasteiger partial charge in [0, 0.05) is 24.6 Å². The van der Waals surface area contributed by atoms with E-state index in [2.05, 4.69) is 32.1 Å². The molecule has 0 spiro atoms. The van der Waals surface area contributed by atoms with Crippen LogP contribution >= 0.6 is 0 Å². The first kappa shape index (κ1) is 15.6. The standard InChI is InChI=1S/C13H19N5O2S/c1-2-5-14-8-12-7-13(10-15-12)21(19,20)17-9-11-4-3-6-16-18-11/h3-4,6-7,10,14-15,17H,2,5,8-9H2,1H3. The summed E-state index contributed by atoms with van der Waals surface area (Å²) in [6, 6.07) is 5.05. The van der Waals surface area contributed by atoms with Gasteiger partial charge in [-0.2, -0.15) is 10.2 Å². The summed E-state index contributed by atoms with van der Waals surface area (Å²) < 4.78 is 26.8. The molecule has 0 aliphatic heterocycles. The predicted octanol–water partition coefficient (Wildman–Crippen LogP) is 0.783. The highest BCUT2D eigenvalue weighted by Crippen LogP contribution is 2.11. The largest absolute Gasteiger partial charge is 0.363 e. The highest BCUT2D eigenvalue weighted by Gasteiger charge is 2.15. The summed E-state index contributed by atoms with van der Waals surface area (Å²) in [4.78, 5) is 3.18. The lowest BCUT2D eigenvalue weighted by molar-refractivity contribution is 0.580. The summed E-state index contributed by atoms with van der Waals surface area (Å²) in [5.41, 5.74) is 1.41. The lowest BCUT2D eigenvalue weighted by Gasteiger charge is -2.03. The number of nitrogens with one attached hydrogen (secondary N) is 3. The molecule has 2 heterocycles. The van der Waals surface area contributed by atoms with Gasteiger partial charge in [0.05, 0.1) is 17.1 Å². The molecule has 0 unspecified atom stereocenters. The Hall–Kier alpha value is -1.77. The number of aromatic amines is 1. The van der Waals surface area contributed by atoms with Crippen molar-refractivity contribution in [2.45, 2.75) is 31.3 Å². The summed E-state index contributed by atoms with van der Waals surface area (Å²) in [7, 11) is -3.55. The van der Waals surface area contributed by atoms with Gasteiger partial charge >= 0.3 is 0 Å². The zero-order valence-corrected chi connectivity index (χ0v) is 12.7. The van der Waals surface area contributed by atoms with Crippen molar-refractivity contribution in [2.24, 2.45) is 0 Å². The molecule has 0 aliphatic carbocycles. The van der Waals surface area contributed by atoms with E-state index in [-0.39, 0.29) is 11.4 Å². The van der Waals surface area contributed by atoms with Gasteiger partial charge in [-0.3, -0.25) is 0 Å². The van der Waals surface area contributed by atoms with Crippen molar-refractivity contribution in [3.63, 3.8) is 0 Å². The molecule has 2 aromatic heterocycles. The molecule has 0 aromatic carbocycles. The minimum absolute atomic E-state index is 0.116. The third kappa shape index (κ3) is 4.62. The topological polar surface area (TPSA) is 99.8 Å². The first-order valence-electron chi connectivity index (χ1n) is 6.76. The molecule has 0 saturated heterocycles. The second-order valence-electron chi connectivity index (χ2n) is 4.58. The number of rotatable bonds is 8. The molecule has 8 heteroatoms. The van der Waals surface area contributed by atoms with E-state index in [4.69, 9.17) is 0 Å². The zero-order valence-electron chi connectivity index (χ0n) is 11.8. The van der Waals surface area contributed by atoms with Gasteiger partial charge in [-0.15, -0.1) is 0 Å². The zero-order chi connectivity index (χ0) is 15.1. The molecule has 0 radical (unpaired) electrons. The maximum absolute atomic E-state index is 12.1. The Kier molecular flexibility index (Phi) is 5.43. The van der Waals surface area contributed by atoms with Crippen molar-refractivity contribution in [1.29, 1.82) is 0 Å². The Morgan fingerprint density at radius 2 is 2.19 bits per heavy atom. The van der Waals surface area contributed by atoms with Crippen LogP contribution in [0.25, 0.3) is 0 Å². The second kappa shape index (κ2) is 7.30. The molecule has 0 amide bonds. The number of hydrogen-bond donors (Lipinski definition) is 3. The number of nitrogens with zero attached hydrogens (tertiary/aromatic N) is 2. The van der Waals surface area contributed by atoms with Gasteiger partial charge in [0.1, 0.15) is 0 Å². The Morgan fingerprint density at radius 3 is 2.90 bits per heavy atom. The van der Waals surface area contributed by atoms with Crippen LogP contribution in [0.15, 0.2) is 35.5 Å². The van der Waals surface area contributed by atoms with Crippen LogP contribution < -0.4 is 10.0 Å². The van der Waals surface area contributed by atoms with Gasteiger partial charge in [0.2, 0.25) is 10.0 Å². The first-order chi connectivity index (χ1) is 10.1. The van der Waals surface area contributed by atoms with E-state index in [1.807, 2.05) is 0 Å². The van der Waals surface area contributed by atoms with E-state index in [0.29, 0.717) is 12.2 Å². The molecule has 114 valence electrons. The molecule has 0 bridgehead atoms. The molecule has 2 rings (SSSR count). The normalized spacial score (nSPS) is 11.7. The van der Waals surface area contributed by atoms with E-state index in [9.17, 15) is 8.42 Å². The maximum atomic E-state index is 12.1. The third-order valence-corrected chi connectivity index (χ3v) is 4.22. The van der Waals surface area contributed by atoms with Crippen LogP contribution in [-0.2, 0) is 23.1 Å². The van der Waals surface area contributed by atoms with Gasteiger partial charge in [-0.05, 0) is 31.2 Å². The molecule has 3 N–H and O–H groups in total. The monoisotopic (exact) mass is 309 g/mol. The average molecular weight is 309 g/mol. The van der Waals surface area contributed by atoms with Crippen LogP contribution in [0, 0.1) is 0 Å². The number of hydrogen-bond acceptors (Lipinski definition) is 5. The van der Waals surface area contributed by atoms with Crippen LogP contribution in [0.4, 0.5) is 0 Å². The summed E-state index contributed by atoms with van der Waals surface area (Å²) >= 11 is 0. The molecule has 21 heavy (non-hydrogen) atoms. The summed E-state index contributed by atoms with van der Waals surface area (Å²) in [6.07, 6.45) is 4.06. The Balaban J connectivity index is 1.96. The van der Waals surface area contributed by atoms with Crippen molar-refractivity contribution in [3.8, 4) is 0 Å². The van der Waals surface area contributed by atoms with Crippen LogP contribution in [0.2, 0.25) is 0 Å². The summed E-state index contributed by atoms with van der Waals surface area (Å²) in [6.45, 7) is 3.71. The molecule has 0 fully saturated rings. The summed E-state index contributed by atoms with van der Waals surface area (Å²) in [5, 5.41) is 10.7. The van der Waals surface area contributed by atoms with E-state index in [0.717, 1.165) is 18.7 Å². The van der Waals surface area contributed by atoms with Crippen molar-refractivity contribution in [3.05, 3.63) is 42.0 Å². The first-order valence-corrected chi connectivity index (χ1v) is 8.24. The molecule has 0 saturated carbocycles. The maximum Gasteiger partial charge on any atom is 0.242 e. The van der Waals surface area contributed by atoms with E-state index in [1.54, 1.807) is 24.4 Å². The lowest BCUT2D eigenvalue weighted by atomic mass is 10.4. The fraction of sp³-hybridized carbons (Fsp3) is 0.385. The van der Waals surface area contributed by atoms with E-state index in [1.165, 1.54) is 6.20 Å². The smallest absolute Gasteiger partial charge is 0.242 e. The summed E-state index contributed by atoms with van der Waals surface area (Å²) in [5.74, 6) is 0. The molecule has 7 nitrogen and oxygen atoms in total. The number of H-pyrrole nitrogens is 1. The van der Waals surface area contributed by atoms with Crippen LogP contribution in [0.3, 0.4) is 0 Å². The molecular weight excluding hydrogens is 290 g/mol. The van der Waals surface area contributed by atoms with E-state index >= 15 is 0 Å². The van der Waals surface area contributed by atoms with Gasteiger partial charge in [-0.25, -0.2) is 13.1 Å². The Labute approximate surface area is 124 Å². The van der Waals surface area contributed by atoms with Gasteiger partial charge in [-0.1, -0.05) is 6.92 Å². The van der Waals surface area contributed by atoms with Crippen molar-refractivity contribution >= 4 is 10.0 Å². The predicted molar refractivity (Wildman–Crippen MR) is 78.8 cm³/mol. The average Bonchev–Trinajstić information content (AvgIpc) is 2.96. The van der Waals surface area contributed by atoms with Gasteiger partial charge < -0.3 is 10.3 Å².